The second-order valence-corrected chi connectivity index (χ2v) is 9.34. The average Bonchev–Trinajstić information content (AvgIpc) is 2.87. The van der Waals surface area contributed by atoms with E-state index in [0.717, 1.165) is 49.7 Å². The van der Waals surface area contributed by atoms with Crippen LogP contribution in [0.15, 0.2) is 36.7 Å². The fraction of sp³-hybridized carbons (Fsp3) is 0.655. The Hall–Kier alpha value is -2.04. The number of unbranched alkanes of at least 4 members (excludes halogenated alkanes) is 8. The first-order valence-corrected chi connectivity index (χ1v) is 13.4. The first-order valence-electron chi connectivity index (χ1n) is 13.4. The third-order valence-electron chi connectivity index (χ3n) is 6.27. The van der Waals surface area contributed by atoms with Gasteiger partial charge in [-0.25, -0.2) is 18.7 Å². The number of alkyl halides is 2. The van der Waals surface area contributed by atoms with Crippen molar-refractivity contribution in [1.82, 2.24) is 9.97 Å². The lowest BCUT2D eigenvalue weighted by Gasteiger charge is -2.16. The Morgan fingerprint density at radius 2 is 1.38 bits per heavy atom. The largest absolute Gasteiger partial charge is 0.490 e. The van der Waals surface area contributed by atoms with Gasteiger partial charge in [-0.2, -0.15) is 0 Å². The first kappa shape index (κ1) is 28.2. The number of nitrogens with zero attached hydrogens (tertiary/aromatic N) is 2. The van der Waals surface area contributed by atoms with Crippen LogP contribution in [0.2, 0.25) is 0 Å². The molecule has 0 saturated heterocycles. The summed E-state index contributed by atoms with van der Waals surface area (Å²) in [5, 5.41) is 0. The van der Waals surface area contributed by atoms with Crippen LogP contribution in [0, 0.1) is 0 Å². The van der Waals surface area contributed by atoms with Crippen molar-refractivity contribution in [3.63, 3.8) is 0 Å². The normalized spacial score (nSPS) is 13.1. The van der Waals surface area contributed by atoms with Gasteiger partial charge >= 0.3 is 0 Å². The lowest BCUT2D eigenvalue weighted by molar-refractivity contribution is 0.182. The number of benzene rings is 1. The maximum atomic E-state index is 14.5. The molecule has 5 heteroatoms. The van der Waals surface area contributed by atoms with E-state index >= 15 is 0 Å². The maximum absolute atomic E-state index is 14.5. The number of halogens is 2. The third-order valence-corrected chi connectivity index (χ3v) is 6.27. The molecular formula is C29H44F2N2O. The molecule has 1 aromatic heterocycles. The summed E-state index contributed by atoms with van der Waals surface area (Å²) in [4.78, 5) is 8.64. The van der Waals surface area contributed by atoms with E-state index in [4.69, 9.17) is 4.74 Å². The molecule has 0 aliphatic carbocycles. The highest BCUT2D eigenvalue weighted by molar-refractivity contribution is 5.58. The zero-order chi connectivity index (χ0) is 24.4. The second kappa shape index (κ2) is 17.4. The van der Waals surface area contributed by atoms with E-state index < -0.39 is 12.3 Å². The van der Waals surface area contributed by atoms with Crippen LogP contribution in [-0.2, 0) is 6.42 Å². The van der Waals surface area contributed by atoms with Crippen LogP contribution in [0.5, 0.6) is 5.75 Å². The molecule has 0 amide bonds. The molecule has 2 aromatic rings. The third kappa shape index (κ3) is 11.4. The Morgan fingerprint density at radius 1 is 0.765 bits per heavy atom. The number of hydrogen-bond donors (Lipinski definition) is 0. The predicted molar refractivity (Wildman–Crippen MR) is 138 cm³/mol. The van der Waals surface area contributed by atoms with E-state index in [1.807, 2.05) is 18.2 Å². The molecule has 0 bridgehead atoms. The molecule has 0 spiro atoms. The summed E-state index contributed by atoms with van der Waals surface area (Å²) in [5.41, 5.74) is 1.76. The summed E-state index contributed by atoms with van der Waals surface area (Å²) in [5.74, 6) is 1.27. The number of aromatic nitrogens is 2. The van der Waals surface area contributed by atoms with Crippen molar-refractivity contribution in [2.75, 3.05) is 6.61 Å². The minimum absolute atomic E-state index is 0.0409. The van der Waals surface area contributed by atoms with E-state index in [1.54, 1.807) is 18.5 Å². The molecule has 0 N–H and O–H groups in total. The highest BCUT2D eigenvalue weighted by Crippen LogP contribution is 2.28. The van der Waals surface area contributed by atoms with Crippen molar-refractivity contribution in [2.24, 2.45) is 0 Å². The van der Waals surface area contributed by atoms with Gasteiger partial charge in [-0.3, -0.25) is 0 Å². The van der Waals surface area contributed by atoms with E-state index in [2.05, 4.69) is 23.8 Å². The highest BCUT2D eigenvalue weighted by atomic mass is 19.1. The van der Waals surface area contributed by atoms with Gasteiger partial charge in [-0.1, -0.05) is 78.1 Å². The Balaban J connectivity index is 1.92. The van der Waals surface area contributed by atoms with Gasteiger partial charge in [0, 0.05) is 18.0 Å². The second-order valence-electron chi connectivity index (χ2n) is 9.34. The number of hydrogen-bond acceptors (Lipinski definition) is 3. The Kier molecular flexibility index (Phi) is 14.4. The Labute approximate surface area is 205 Å². The van der Waals surface area contributed by atoms with Crippen LogP contribution >= 0.6 is 0 Å². The average molecular weight is 475 g/mol. The molecule has 2 atom stereocenters. The predicted octanol–water partition coefficient (Wildman–Crippen LogP) is 8.85. The lowest BCUT2D eigenvalue weighted by Crippen LogP contribution is -2.14. The quantitative estimate of drug-likeness (QED) is 0.191. The molecule has 0 radical (unpaired) electrons. The lowest BCUT2D eigenvalue weighted by atomic mass is 10.0. The van der Waals surface area contributed by atoms with Crippen LogP contribution in [0.4, 0.5) is 8.78 Å². The summed E-state index contributed by atoms with van der Waals surface area (Å²) in [6.07, 6.45) is 14.9. The van der Waals surface area contributed by atoms with Crippen LogP contribution in [0.3, 0.4) is 0 Å². The summed E-state index contributed by atoms with van der Waals surface area (Å²) >= 11 is 0. The van der Waals surface area contributed by atoms with E-state index in [1.165, 1.54) is 25.7 Å². The zero-order valence-corrected chi connectivity index (χ0v) is 21.3. The van der Waals surface area contributed by atoms with Gasteiger partial charge in [-0.05, 0) is 55.5 Å². The summed E-state index contributed by atoms with van der Waals surface area (Å²) < 4.78 is 34.9. The fourth-order valence-electron chi connectivity index (χ4n) is 4.16. The smallest absolute Gasteiger partial charge is 0.159 e. The van der Waals surface area contributed by atoms with Gasteiger partial charge in [-0.15, -0.1) is 0 Å². The molecule has 1 heterocycles. The molecule has 34 heavy (non-hydrogen) atoms. The molecule has 190 valence electrons. The summed E-state index contributed by atoms with van der Waals surface area (Å²) in [6.45, 7) is 4.40. The monoisotopic (exact) mass is 474 g/mol. The number of rotatable bonds is 19. The van der Waals surface area contributed by atoms with Crippen LogP contribution in [0.1, 0.15) is 103 Å². The standard InChI is InChI=1S/C29H44F2N2O/c1-3-5-7-9-10-12-15-27(31)23-34-28-19-17-25(29-32-20-13-21-33-29)22-24(28)16-18-26(30)14-11-8-6-4-2/h13,17,19-22,26-27H,3-12,14-16,18,23H2,1-2H3. The molecule has 1 aromatic carbocycles. The first-order chi connectivity index (χ1) is 16.6. The van der Waals surface area contributed by atoms with Crippen molar-refractivity contribution in [3.05, 3.63) is 42.2 Å². The van der Waals surface area contributed by atoms with Crippen molar-refractivity contribution in [1.29, 1.82) is 0 Å². The molecule has 0 aliphatic rings. The van der Waals surface area contributed by atoms with Gasteiger partial charge in [0.25, 0.3) is 0 Å². The maximum Gasteiger partial charge on any atom is 0.159 e. The van der Waals surface area contributed by atoms with Gasteiger partial charge in [0.05, 0.1) is 0 Å². The van der Waals surface area contributed by atoms with Crippen molar-refractivity contribution in [3.8, 4) is 17.1 Å². The zero-order valence-electron chi connectivity index (χ0n) is 21.3. The van der Waals surface area contributed by atoms with E-state index in [0.29, 0.717) is 37.3 Å². The van der Waals surface area contributed by atoms with Gasteiger partial charge in [0.1, 0.15) is 24.7 Å². The minimum Gasteiger partial charge on any atom is -0.490 e. The van der Waals surface area contributed by atoms with Gasteiger partial charge in [0.2, 0.25) is 0 Å². The molecule has 0 saturated carbocycles. The fourth-order valence-corrected chi connectivity index (χ4v) is 4.16. The Morgan fingerprint density at radius 3 is 2.09 bits per heavy atom. The molecule has 0 fully saturated rings. The topological polar surface area (TPSA) is 35.0 Å². The SMILES string of the molecule is CCCCCCCCC(F)COc1ccc(-c2ncccn2)cc1CCC(F)CCCCCC. The number of aryl methyl sites for hydroxylation is 1. The van der Waals surface area contributed by atoms with Crippen molar-refractivity contribution < 1.29 is 13.5 Å². The molecule has 3 nitrogen and oxygen atoms in total. The molecular weight excluding hydrogens is 430 g/mol. The molecule has 0 aliphatic heterocycles. The summed E-state index contributed by atoms with van der Waals surface area (Å²) in [7, 11) is 0. The van der Waals surface area contributed by atoms with Crippen molar-refractivity contribution >= 4 is 0 Å². The highest BCUT2D eigenvalue weighted by Gasteiger charge is 2.14. The van der Waals surface area contributed by atoms with Crippen LogP contribution < -0.4 is 4.74 Å². The number of ether oxygens (including phenoxy) is 1. The van der Waals surface area contributed by atoms with Crippen LogP contribution in [0.25, 0.3) is 11.4 Å². The molecule has 2 unspecified atom stereocenters. The van der Waals surface area contributed by atoms with E-state index in [-0.39, 0.29) is 6.61 Å². The summed E-state index contributed by atoms with van der Waals surface area (Å²) in [6, 6.07) is 7.49. The molecule has 2 rings (SSSR count). The van der Waals surface area contributed by atoms with Gasteiger partial charge in [0.15, 0.2) is 5.82 Å². The Bertz CT molecular complexity index is 772. The van der Waals surface area contributed by atoms with Crippen molar-refractivity contribution in [2.45, 2.75) is 116 Å². The minimum atomic E-state index is -0.983. The van der Waals surface area contributed by atoms with Crippen LogP contribution in [-0.4, -0.2) is 28.9 Å². The van der Waals surface area contributed by atoms with Gasteiger partial charge < -0.3 is 4.74 Å². The van der Waals surface area contributed by atoms with E-state index in [9.17, 15) is 8.78 Å².